The molecule has 0 heterocycles. The first-order chi connectivity index (χ1) is 7.61. The van der Waals surface area contributed by atoms with Gasteiger partial charge in [0, 0.05) is 25.2 Å². The zero-order chi connectivity index (χ0) is 12.4. The molecule has 0 bridgehead atoms. The summed E-state index contributed by atoms with van der Waals surface area (Å²) < 4.78 is 0. The highest BCUT2D eigenvalue weighted by Gasteiger charge is 1.98. The van der Waals surface area contributed by atoms with Crippen LogP contribution in [-0.2, 0) is 0 Å². The Morgan fingerprint density at radius 3 is 2.62 bits per heavy atom. The van der Waals surface area contributed by atoms with Gasteiger partial charge in [-0.1, -0.05) is 25.3 Å². The van der Waals surface area contributed by atoms with Crippen molar-refractivity contribution < 1.29 is 0 Å². The summed E-state index contributed by atoms with van der Waals surface area (Å²) in [5.74, 6) is 0. The first kappa shape index (κ1) is 14.4. The highest BCUT2D eigenvalue weighted by molar-refractivity contribution is 5.77. The molecule has 0 radical (unpaired) electrons. The summed E-state index contributed by atoms with van der Waals surface area (Å²) in [5, 5.41) is 0. The predicted molar refractivity (Wildman–Crippen MR) is 73.4 cm³/mol. The summed E-state index contributed by atoms with van der Waals surface area (Å²) in [6, 6.07) is 0. The van der Waals surface area contributed by atoms with Crippen molar-refractivity contribution in [1.29, 1.82) is 0 Å². The molecule has 0 aromatic carbocycles. The van der Waals surface area contributed by atoms with Gasteiger partial charge in [0.05, 0.1) is 0 Å². The Hall–Kier alpha value is -1.57. The van der Waals surface area contributed by atoms with Gasteiger partial charge in [-0.3, -0.25) is 4.99 Å². The second kappa shape index (κ2) is 8.72. The predicted octanol–water partition coefficient (Wildman–Crippen LogP) is 3.91. The molecule has 16 heavy (non-hydrogen) atoms. The molecule has 2 heteroatoms. The molecular formula is C14H22N2. The van der Waals surface area contributed by atoms with Gasteiger partial charge in [0.2, 0.25) is 0 Å². The van der Waals surface area contributed by atoms with Gasteiger partial charge < -0.3 is 4.90 Å². The summed E-state index contributed by atoms with van der Waals surface area (Å²) >= 11 is 0. The summed E-state index contributed by atoms with van der Waals surface area (Å²) in [7, 11) is 1.98. The Morgan fingerprint density at radius 2 is 2.12 bits per heavy atom. The first-order valence-corrected chi connectivity index (χ1v) is 5.46. The molecule has 0 aromatic heterocycles. The fourth-order valence-electron chi connectivity index (χ4n) is 1.10. The molecular weight excluding hydrogens is 196 g/mol. The molecule has 2 nitrogen and oxygen atoms in total. The van der Waals surface area contributed by atoms with Crippen molar-refractivity contribution in [2.24, 2.45) is 4.99 Å². The average Bonchev–Trinajstić information content (AvgIpc) is 2.26. The quantitative estimate of drug-likeness (QED) is 0.467. The highest BCUT2D eigenvalue weighted by Crippen LogP contribution is 2.10. The Kier molecular flexibility index (Phi) is 7.86. The molecule has 0 spiro atoms. The summed E-state index contributed by atoms with van der Waals surface area (Å²) in [6.07, 6.45) is 11.6. The van der Waals surface area contributed by atoms with E-state index in [1.165, 1.54) is 0 Å². The third-order valence-corrected chi connectivity index (χ3v) is 2.05. The minimum atomic E-state index is 0.949. The summed E-state index contributed by atoms with van der Waals surface area (Å²) in [5.41, 5.74) is 2.09. The van der Waals surface area contributed by atoms with Crippen molar-refractivity contribution in [1.82, 2.24) is 4.90 Å². The second-order valence-electron chi connectivity index (χ2n) is 3.65. The molecule has 0 aliphatic heterocycles. The molecule has 0 atom stereocenters. The number of nitrogens with zero attached hydrogens (tertiary/aromatic N) is 2. The van der Waals surface area contributed by atoms with Crippen LogP contribution in [0.5, 0.6) is 0 Å². The highest BCUT2D eigenvalue weighted by atomic mass is 15.1. The Balaban J connectivity index is 4.52. The molecule has 0 aliphatic carbocycles. The number of aliphatic imine (C=N–C) groups is 1. The van der Waals surface area contributed by atoms with Crippen molar-refractivity contribution in [2.45, 2.75) is 26.7 Å². The molecule has 0 saturated carbocycles. The van der Waals surface area contributed by atoms with E-state index in [-0.39, 0.29) is 0 Å². The molecule has 0 aromatic rings. The molecule has 0 saturated heterocycles. The maximum absolute atomic E-state index is 4.22. The van der Waals surface area contributed by atoms with Crippen LogP contribution in [0.4, 0.5) is 0 Å². The maximum Gasteiger partial charge on any atom is 0.0462 e. The van der Waals surface area contributed by atoms with Crippen LogP contribution >= 0.6 is 0 Å². The van der Waals surface area contributed by atoms with E-state index in [2.05, 4.69) is 30.3 Å². The lowest BCUT2D eigenvalue weighted by atomic mass is 10.2. The topological polar surface area (TPSA) is 15.6 Å². The van der Waals surface area contributed by atoms with Crippen molar-refractivity contribution in [2.75, 3.05) is 7.05 Å². The van der Waals surface area contributed by atoms with Gasteiger partial charge in [-0.15, -0.1) is 0 Å². The molecule has 0 amide bonds. The number of rotatable bonds is 7. The monoisotopic (exact) mass is 218 g/mol. The Bertz CT molecular complexity index is 309. The van der Waals surface area contributed by atoms with Crippen LogP contribution in [0.1, 0.15) is 26.7 Å². The van der Waals surface area contributed by atoms with E-state index >= 15 is 0 Å². The van der Waals surface area contributed by atoms with Gasteiger partial charge >= 0.3 is 0 Å². The molecule has 0 fully saturated rings. The zero-order valence-electron chi connectivity index (χ0n) is 10.6. The van der Waals surface area contributed by atoms with Crippen molar-refractivity contribution >= 4 is 6.21 Å². The Morgan fingerprint density at radius 1 is 1.44 bits per heavy atom. The average molecular weight is 218 g/mol. The molecule has 0 unspecified atom stereocenters. The van der Waals surface area contributed by atoms with E-state index < -0.39 is 0 Å². The van der Waals surface area contributed by atoms with Gasteiger partial charge in [-0.05, 0) is 38.5 Å². The second-order valence-corrected chi connectivity index (χ2v) is 3.65. The van der Waals surface area contributed by atoms with Crippen molar-refractivity contribution in [3.05, 3.63) is 49.0 Å². The first-order valence-electron chi connectivity index (χ1n) is 5.46. The van der Waals surface area contributed by atoms with E-state index in [9.17, 15) is 0 Å². The smallest absolute Gasteiger partial charge is 0.0462 e. The minimum Gasteiger partial charge on any atom is -0.354 e. The fraction of sp³-hybridized carbons (Fsp3) is 0.357. The van der Waals surface area contributed by atoms with Gasteiger partial charge in [0.25, 0.3) is 0 Å². The summed E-state index contributed by atoms with van der Waals surface area (Å²) in [4.78, 5) is 6.20. The lowest BCUT2D eigenvalue weighted by molar-refractivity contribution is 0.538. The van der Waals surface area contributed by atoms with Gasteiger partial charge in [0.1, 0.15) is 0 Å². The van der Waals surface area contributed by atoms with Crippen LogP contribution in [0, 0.1) is 0 Å². The summed E-state index contributed by atoms with van der Waals surface area (Å²) in [6.45, 7) is 11.5. The standard InChI is InChI=1S/C14H22N2/c1-6-8-9-10-14(16(5)7-2)12-15-11-13(3)4/h6-8,11-12H,2-3,9-10H2,1,4-5H3. The number of allylic oxidation sites excluding steroid dienone is 4. The fourth-order valence-corrected chi connectivity index (χ4v) is 1.10. The van der Waals surface area contributed by atoms with Crippen molar-refractivity contribution in [3.8, 4) is 0 Å². The Labute approximate surface area is 99.4 Å². The van der Waals surface area contributed by atoms with E-state index in [4.69, 9.17) is 0 Å². The van der Waals surface area contributed by atoms with Crippen LogP contribution < -0.4 is 0 Å². The van der Waals surface area contributed by atoms with Crippen LogP contribution in [-0.4, -0.2) is 18.2 Å². The molecule has 0 rings (SSSR count). The van der Waals surface area contributed by atoms with E-state index in [1.807, 2.05) is 32.0 Å². The van der Waals surface area contributed by atoms with Crippen molar-refractivity contribution in [3.63, 3.8) is 0 Å². The van der Waals surface area contributed by atoms with Gasteiger partial charge in [0.15, 0.2) is 0 Å². The molecule has 0 N–H and O–H groups in total. The number of hydrogen-bond donors (Lipinski definition) is 0. The van der Waals surface area contributed by atoms with Crippen LogP contribution in [0.15, 0.2) is 54.0 Å². The maximum atomic E-state index is 4.22. The lowest BCUT2D eigenvalue weighted by Crippen LogP contribution is -2.09. The van der Waals surface area contributed by atoms with Gasteiger partial charge in [-0.25, -0.2) is 0 Å². The van der Waals surface area contributed by atoms with E-state index in [1.54, 1.807) is 12.4 Å². The normalized spacial score (nSPS) is 12.3. The molecule has 0 aliphatic rings. The number of hydrogen-bond acceptors (Lipinski definition) is 2. The largest absolute Gasteiger partial charge is 0.354 e. The van der Waals surface area contributed by atoms with E-state index in [0.717, 1.165) is 24.1 Å². The van der Waals surface area contributed by atoms with Crippen LogP contribution in [0.2, 0.25) is 0 Å². The zero-order valence-corrected chi connectivity index (χ0v) is 10.6. The van der Waals surface area contributed by atoms with Crippen LogP contribution in [0.25, 0.3) is 0 Å². The lowest BCUT2D eigenvalue weighted by Gasteiger charge is -2.16. The SMILES string of the molecule is C=CN(C)C(=CN=CC(=C)C)CCC=CC. The third-order valence-electron chi connectivity index (χ3n) is 2.05. The van der Waals surface area contributed by atoms with Gasteiger partial charge in [-0.2, -0.15) is 0 Å². The molecule has 88 valence electrons. The minimum absolute atomic E-state index is 0.949. The van der Waals surface area contributed by atoms with E-state index in [0.29, 0.717) is 0 Å². The van der Waals surface area contributed by atoms with Crippen LogP contribution in [0.3, 0.4) is 0 Å². The third kappa shape index (κ3) is 6.82.